The van der Waals surface area contributed by atoms with Crippen molar-refractivity contribution >= 4 is 17.5 Å². The molecule has 64 heavy (non-hydrogen) atoms. The second-order valence-electron chi connectivity index (χ2n) is 17.2. The molecule has 7 heteroatoms. The van der Waals surface area contributed by atoms with Gasteiger partial charge in [-0.3, -0.25) is 9.59 Å². The number of carbonyl (C=O) groups excluding carboxylic acids is 2. The van der Waals surface area contributed by atoms with Crippen molar-refractivity contribution < 1.29 is 29.3 Å². The summed E-state index contributed by atoms with van der Waals surface area (Å²) in [5, 5.41) is 20.7. The lowest BCUT2D eigenvalue weighted by Gasteiger charge is -2.60. The van der Waals surface area contributed by atoms with Gasteiger partial charge >= 0.3 is 0 Å². The van der Waals surface area contributed by atoms with Gasteiger partial charge in [0.1, 0.15) is 34.5 Å². The molecule has 1 fully saturated rings. The second kappa shape index (κ2) is 15.2. The number of aryl methyl sites for hydroxylation is 1. The van der Waals surface area contributed by atoms with Gasteiger partial charge in [-0.2, -0.15) is 0 Å². The van der Waals surface area contributed by atoms with Gasteiger partial charge in [-0.25, -0.2) is 4.90 Å². The van der Waals surface area contributed by atoms with Crippen LogP contribution in [-0.2, 0) is 33.3 Å². The number of ether oxygens (including phenoxy) is 2. The molecular weight excluding hydrogens is 795 g/mol. The van der Waals surface area contributed by atoms with Crippen molar-refractivity contribution in [2.75, 3.05) is 4.90 Å². The first-order valence-electron chi connectivity index (χ1n) is 21.6. The Labute approximate surface area is 371 Å². The predicted molar refractivity (Wildman–Crippen MR) is 246 cm³/mol. The van der Waals surface area contributed by atoms with Crippen molar-refractivity contribution in [2.24, 2.45) is 11.8 Å². The van der Waals surface area contributed by atoms with Crippen LogP contribution in [-0.4, -0.2) is 22.0 Å². The van der Waals surface area contributed by atoms with Crippen molar-refractivity contribution in [1.29, 1.82) is 0 Å². The van der Waals surface area contributed by atoms with Gasteiger partial charge < -0.3 is 19.7 Å². The molecule has 1 heterocycles. The molecule has 2 atom stereocenters. The topological polar surface area (TPSA) is 96.3 Å². The van der Waals surface area contributed by atoms with E-state index in [1.54, 1.807) is 48.5 Å². The predicted octanol–water partition coefficient (Wildman–Crippen LogP) is 11.6. The van der Waals surface area contributed by atoms with E-state index in [2.05, 4.69) is 43.3 Å². The summed E-state index contributed by atoms with van der Waals surface area (Å²) in [6, 6.07) is 61.9. The number of phenols is 2. The van der Waals surface area contributed by atoms with Crippen LogP contribution in [0.25, 0.3) is 0 Å². The molecule has 4 aliphatic rings. The highest BCUT2D eigenvalue weighted by atomic mass is 16.5. The molecule has 8 aromatic carbocycles. The Balaban J connectivity index is 0.898. The molecule has 1 saturated heterocycles. The normalized spacial score (nSPS) is 20.4. The van der Waals surface area contributed by atoms with E-state index in [1.165, 1.54) is 10.5 Å². The van der Waals surface area contributed by atoms with Crippen LogP contribution in [0.15, 0.2) is 194 Å². The number of amides is 2. The summed E-state index contributed by atoms with van der Waals surface area (Å²) in [4.78, 5) is 32.3. The summed E-state index contributed by atoms with van der Waals surface area (Å²) in [5.74, 6) is 0.986. The van der Waals surface area contributed by atoms with E-state index in [4.69, 9.17) is 9.47 Å². The minimum absolute atomic E-state index is 0.117. The molecule has 8 aromatic rings. The minimum Gasteiger partial charge on any atom is -0.508 e. The first-order chi connectivity index (χ1) is 31.2. The van der Waals surface area contributed by atoms with E-state index in [-0.39, 0.29) is 23.3 Å². The molecule has 312 valence electrons. The monoisotopic (exact) mass is 837 g/mol. The Morgan fingerprint density at radius 3 is 1.38 bits per heavy atom. The average molecular weight is 838 g/mol. The van der Waals surface area contributed by atoms with Crippen molar-refractivity contribution in [3.05, 3.63) is 244 Å². The number of hydrogen-bond donors (Lipinski definition) is 2. The zero-order valence-electron chi connectivity index (χ0n) is 35.0. The molecule has 12 rings (SSSR count). The van der Waals surface area contributed by atoms with Gasteiger partial charge in [0, 0.05) is 5.41 Å². The average Bonchev–Trinajstić information content (AvgIpc) is 3.60. The number of imide groups is 1. The highest BCUT2D eigenvalue weighted by molar-refractivity contribution is 6.24. The highest BCUT2D eigenvalue weighted by Gasteiger charge is 2.73. The number of benzene rings is 8. The summed E-state index contributed by atoms with van der Waals surface area (Å²) in [7, 11) is 0. The fourth-order valence-electron chi connectivity index (χ4n) is 10.8. The summed E-state index contributed by atoms with van der Waals surface area (Å²) < 4.78 is 12.3. The molecule has 2 bridgehead atoms. The van der Waals surface area contributed by atoms with Crippen LogP contribution in [0.4, 0.5) is 5.69 Å². The smallest absolute Gasteiger partial charge is 0.239 e. The molecule has 3 aliphatic carbocycles. The lowest BCUT2D eigenvalue weighted by molar-refractivity contribution is -0.124. The van der Waals surface area contributed by atoms with Gasteiger partial charge in [0.15, 0.2) is 0 Å². The molecule has 2 N–H and O–H groups in total. The zero-order valence-corrected chi connectivity index (χ0v) is 35.0. The lowest BCUT2D eigenvalue weighted by Crippen LogP contribution is -2.62. The number of aromatic hydroxyl groups is 2. The van der Waals surface area contributed by atoms with E-state index < -0.39 is 22.7 Å². The number of nitrogens with zero attached hydrogens (tertiary/aromatic N) is 1. The van der Waals surface area contributed by atoms with E-state index in [9.17, 15) is 10.2 Å². The minimum atomic E-state index is -1.03. The van der Waals surface area contributed by atoms with Crippen LogP contribution in [0.3, 0.4) is 0 Å². The maximum atomic E-state index is 15.5. The second-order valence-corrected chi connectivity index (χ2v) is 17.2. The first-order valence-corrected chi connectivity index (χ1v) is 21.6. The Kier molecular flexibility index (Phi) is 9.24. The number of hydrogen-bond acceptors (Lipinski definition) is 6. The lowest BCUT2D eigenvalue weighted by atomic mass is 9.39. The maximum Gasteiger partial charge on any atom is 0.239 e. The largest absolute Gasteiger partial charge is 0.508 e. The summed E-state index contributed by atoms with van der Waals surface area (Å²) in [5.41, 5.74) is 7.71. The molecule has 2 amide bonds. The molecule has 0 aromatic heterocycles. The fraction of sp³-hybridized carbons (Fsp3) is 0.123. The quantitative estimate of drug-likeness (QED) is 0.133. The van der Waals surface area contributed by atoms with Crippen LogP contribution in [0.5, 0.6) is 34.5 Å². The van der Waals surface area contributed by atoms with Gasteiger partial charge in [0.2, 0.25) is 11.8 Å². The van der Waals surface area contributed by atoms with Gasteiger partial charge in [0.05, 0.1) is 22.9 Å². The van der Waals surface area contributed by atoms with E-state index in [1.807, 2.05) is 109 Å². The molecule has 0 saturated carbocycles. The van der Waals surface area contributed by atoms with Gasteiger partial charge in [0.25, 0.3) is 0 Å². The van der Waals surface area contributed by atoms with Crippen LogP contribution in [0.2, 0.25) is 0 Å². The van der Waals surface area contributed by atoms with Crippen molar-refractivity contribution in [3.63, 3.8) is 0 Å². The summed E-state index contributed by atoms with van der Waals surface area (Å²) in [6.45, 7) is 2.05. The highest BCUT2D eigenvalue weighted by Crippen LogP contribution is 2.69. The first kappa shape index (κ1) is 39.0. The van der Waals surface area contributed by atoms with Gasteiger partial charge in [-0.1, -0.05) is 115 Å². The van der Waals surface area contributed by atoms with E-state index in [0.29, 0.717) is 23.6 Å². The molecule has 1 aliphatic heterocycles. The molecule has 7 nitrogen and oxygen atoms in total. The van der Waals surface area contributed by atoms with E-state index in [0.717, 1.165) is 62.4 Å². The Morgan fingerprint density at radius 2 is 0.875 bits per heavy atom. The van der Waals surface area contributed by atoms with Crippen LogP contribution < -0.4 is 14.4 Å². The van der Waals surface area contributed by atoms with Crippen LogP contribution >= 0.6 is 0 Å². The Hall–Kier alpha value is -7.90. The number of carbonyl (C=O) groups is 2. The van der Waals surface area contributed by atoms with Gasteiger partial charge in [-0.15, -0.1) is 0 Å². The molecular formula is C57H43NO6. The SMILES string of the molecule is Cc1ccc(Oc2ccc(Cc3ccc(Oc4ccc(N5C(=O)C6C(C5=O)C5(c7ccc(O)cc7)c7ccccc7C6(Cc6ccc(O)cc6)c6ccccc65)cc4)cc3)cc2)cc1. The van der Waals surface area contributed by atoms with Gasteiger partial charge in [-0.05, 0) is 149 Å². The summed E-state index contributed by atoms with van der Waals surface area (Å²) in [6.07, 6.45) is 1.18. The zero-order chi connectivity index (χ0) is 43.6. The Morgan fingerprint density at radius 1 is 0.469 bits per heavy atom. The van der Waals surface area contributed by atoms with Crippen molar-refractivity contribution in [1.82, 2.24) is 0 Å². The fourth-order valence-corrected chi connectivity index (χ4v) is 10.8. The number of rotatable bonds is 10. The molecule has 0 spiro atoms. The van der Waals surface area contributed by atoms with Crippen molar-refractivity contribution in [3.8, 4) is 34.5 Å². The maximum absolute atomic E-state index is 15.5. The molecule has 0 radical (unpaired) electrons. The standard InChI is InChI=1S/C57H43NO6/c1-36-10-26-44(27-11-36)63-45-28-14-37(15-29-45)34-38-16-30-46(31-17-38)64-47-32-20-41(21-33-47)58-54(61)52-53(55(58)62)57(40-18-24-43(60)25-19-40)50-8-4-2-6-48(50)56(52,49-7-3-5-9-51(49)57)35-39-12-22-42(59)23-13-39/h2-33,52-53,59-60H,34-35H2,1H3. The van der Waals surface area contributed by atoms with Crippen molar-refractivity contribution in [2.45, 2.75) is 30.6 Å². The number of phenolic OH excluding ortho intramolecular Hbond substituents is 2. The summed E-state index contributed by atoms with van der Waals surface area (Å²) >= 11 is 0. The van der Waals surface area contributed by atoms with Crippen LogP contribution in [0, 0.1) is 18.8 Å². The Bertz CT molecular complexity index is 3000. The third-order valence-corrected chi connectivity index (χ3v) is 13.6. The number of anilines is 1. The van der Waals surface area contributed by atoms with E-state index >= 15 is 9.59 Å². The van der Waals surface area contributed by atoms with Crippen LogP contribution in [0.1, 0.15) is 50.1 Å². The third-order valence-electron chi connectivity index (χ3n) is 13.6. The molecule has 2 unspecified atom stereocenters. The third kappa shape index (κ3) is 6.18.